The van der Waals surface area contributed by atoms with Crippen molar-refractivity contribution in [2.24, 2.45) is 0 Å². The van der Waals surface area contributed by atoms with Crippen molar-refractivity contribution in [3.63, 3.8) is 0 Å². The van der Waals surface area contributed by atoms with Crippen LogP contribution in [0, 0.1) is 0 Å². The van der Waals surface area contributed by atoms with E-state index in [0.717, 1.165) is 0 Å². The largest absolute Gasteiger partial charge is 0.495 e. The molecule has 0 radical (unpaired) electrons. The van der Waals surface area contributed by atoms with Crippen LogP contribution in [-0.4, -0.2) is 26.5 Å². The lowest BCUT2D eigenvalue weighted by molar-refractivity contribution is 0.345. The third kappa shape index (κ3) is 2.33. The van der Waals surface area contributed by atoms with Gasteiger partial charge in [-0.25, -0.2) is 0 Å². The summed E-state index contributed by atoms with van der Waals surface area (Å²) in [5.74, 6) is 2.41. The summed E-state index contributed by atoms with van der Waals surface area (Å²) in [5.41, 5.74) is 6.22. The molecule has 6 nitrogen and oxygen atoms in total. The Morgan fingerprint density at radius 3 is 2.26 bits per heavy atom. The molecular weight excluding hydrogens is 316 g/mol. The Labute approximate surface area is 118 Å². The number of aromatic nitrogens is 1. The second-order valence-corrected chi connectivity index (χ2v) is 4.42. The van der Waals surface area contributed by atoms with Gasteiger partial charge in [0.25, 0.3) is 0 Å². The number of ether oxygens (including phenoxy) is 3. The molecule has 2 aromatic rings. The molecular formula is C12H13BrN2O4. The van der Waals surface area contributed by atoms with Crippen molar-refractivity contribution < 1.29 is 18.7 Å². The van der Waals surface area contributed by atoms with Gasteiger partial charge in [0, 0.05) is 6.07 Å². The van der Waals surface area contributed by atoms with Crippen LogP contribution >= 0.6 is 15.9 Å². The molecule has 19 heavy (non-hydrogen) atoms. The summed E-state index contributed by atoms with van der Waals surface area (Å²) in [7, 11) is 4.65. The Hall–Kier alpha value is -1.89. The zero-order valence-corrected chi connectivity index (χ0v) is 12.3. The molecule has 1 aromatic heterocycles. The number of hydrogen-bond acceptors (Lipinski definition) is 6. The van der Waals surface area contributed by atoms with Gasteiger partial charge < -0.3 is 24.5 Å². The molecule has 1 heterocycles. The van der Waals surface area contributed by atoms with Crippen LogP contribution in [0.5, 0.6) is 17.2 Å². The Morgan fingerprint density at radius 1 is 1.11 bits per heavy atom. The number of rotatable bonds is 4. The van der Waals surface area contributed by atoms with Gasteiger partial charge in [0.1, 0.15) is 10.2 Å². The summed E-state index contributed by atoms with van der Waals surface area (Å²) < 4.78 is 21.7. The number of methoxy groups -OCH3 is 3. The topological polar surface area (TPSA) is 79.7 Å². The molecule has 2 rings (SSSR count). The fourth-order valence-corrected chi connectivity index (χ4v) is 2.46. The van der Waals surface area contributed by atoms with E-state index in [9.17, 15) is 0 Å². The number of benzene rings is 1. The highest BCUT2D eigenvalue weighted by Crippen LogP contribution is 2.47. The monoisotopic (exact) mass is 328 g/mol. The van der Waals surface area contributed by atoms with Crippen LogP contribution in [0.25, 0.3) is 11.3 Å². The van der Waals surface area contributed by atoms with E-state index in [1.807, 2.05) is 0 Å². The van der Waals surface area contributed by atoms with Gasteiger partial charge >= 0.3 is 0 Å². The molecule has 0 aliphatic heterocycles. The fourth-order valence-electron chi connectivity index (χ4n) is 1.73. The van der Waals surface area contributed by atoms with E-state index in [1.54, 1.807) is 33.5 Å². The lowest BCUT2D eigenvalue weighted by Gasteiger charge is -2.15. The van der Waals surface area contributed by atoms with E-state index in [-0.39, 0.29) is 0 Å². The van der Waals surface area contributed by atoms with Gasteiger partial charge in [-0.05, 0) is 22.0 Å². The standard InChI is InChI=1S/C12H13BrN2O4/c1-16-8-4-6(7-5-9(14)15-19-7)11(17-2)10(13)12(8)18-3/h4-5H,1-3H3,(H2,14,15). The molecule has 0 saturated heterocycles. The number of nitrogens with two attached hydrogens (primary N) is 1. The molecule has 1 aromatic carbocycles. The minimum absolute atomic E-state index is 0.294. The predicted molar refractivity (Wildman–Crippen MR) is 73.7 cm³/mol. The summed E-state index contributed by atoms with van der Waals surface area (Å²) in [6.07, 6.45) is 0. The average molecular weight is 329 g/mol. The molecule has 7 heteroatoms. The van der Waals surface area contributed by atoms with E-state index in [0.29, 0.717) is 38.9 Å². The van der Waals surface area contributed by atoms with Gasteiger partial charge in [-0.1, -0.05) is 5.16 Å². The SMILES string of the molecule is COc1cc(-c2cc(N)no2)c(OC)c(Br)c1OC. The van der Waals surface area contributed by atoms with E-state index >= 15 is 0 Å². The summed E-state index contributed by atoms with van der Waals surface area (Å²) in [6.45, 7) is 0. The third-order valence-corrected chi connectivity index (χ3v) is 3.28. The first-order valence-corrected chi connectivity index (χ1v) is 6.12. The van der Waals surface area contributed by atoms with E-state index in [1.165, 1.54) is 0 Å². The van der Waals surface area contributed by atoms with E-state index < -0.39 is 0 Å². The molecule has 102 valence electrons. The highest BCUT2D eigenvalue weighted by atomic mass is 79.9. The molecule has 0 bridgehead atoms. The van der Waals surface area contributed by atoms with Crippen LogP contribution in [0.15, 0.2) is 21.1 Å². The van der Waals surface area contributed by atoms with Gasteiger partial charge in [-0.2, -0.15) is 0 Å². The Bertz CT molecular complexity index is 598. The van der Waals surface area contributed by atoms with Crippen LogP contribution in [0.3, 0.4) is 0 Å². The quantitative estimate of drug-likeness (QED) is 0.929. The number of nitrogen functional groups attached to an aromatic ring is 1. The van der Waals surface area contributed by atoms with Crippen molar-refractivity contribution in [1.82, 2.24) is 5.16 Å². The highest BCUT2D eigenvalue weighted by molar-refractivity contribution is 9.10. The highest BCUT2D eigenvalue weighted by Gasteiger charge is 2.21. The van der Waals surface area contributed by atoms with Crippen LogP contribution in [-0.2, 0) is 0 Å². The van der Waals surface area contributed by atoms with E-state index in [4.69, 9.17) is 24.5 Å². The Kier molecular flexibility index (Phi) is 3.84. The minimum atomic E-state index is 0.294. The zero-order chi connectivity index (χ0) is 14.0. The van der Waals surface area contributed by atoms with Crippen molar-refractivity contribution in [1.29, 1.82) is 0 Å². The Balaban J connectivity index is 2.69. The second kappa shape index (κ2) is 5.40. The third-order valence-electron chi connectivity index (χ3n) is 2.56. The minimum Gasteiger partial charge on any atom is -0.495 e. The van der Waals surface area contributed by atoms with Gasteiger partial charge in [-0.3, -0.25) is 0 Å². The molecule has 0 fully saturated rings. The maximum Gasteiger partial charge on any atom is 0.178 e. The van der Waals surface area contributed by atoms with Crippen molar-refractivity contribution in [2.45, 2.75) is 0 Å². The van der Waals surface area contributed by atoms with Gasteiger partial charge in [0.15, 0.2) is 23.1 Å². The zero-order valence-electron chi connectivity index (χ0n) is 10.7. The van der Waals surface area contributed by atoms with Crippen molar-refractivity contribution in [2.75, 3.05) is 27.1 Å². The molecule has 0 saturated carbocycles. The molecule has 0 atom stereocenters. The smallest absolute Gasteiger partial charge is 0.178 e. The summed E-state index contributed by atoms with van der Waals surface area (Å²) >= 11 is 3.42. The maximum atomic E-state index is 5.56. The van der Waals surface area contributed by atoms with Crippen LogP contribution < -0.4 is 19.9 Å². The number of halogens is 1. The average Bonchev–Trinajstić information content (AvgIpc) is 2.84. The second-order valence-electron chi connectivity index (χ2n) is 3.62. The molecule has 0 unspecified atom stereocenters. The molecule has 0 aliphatic rings. The molecule has 0 amide bonds. The normalized spacial score (nSPS) is 10.3. The van der Waals surface area contributed by atoms with Gasteiger partial charge in [-0.15, -0.1) is 0 Å². The molecule has 0 spiro atoms. The lowest BCUT2D eigenvalue weighted by Crippen LogP contribution is -1.96. The van der Waals surface area contributed by atoms with Crippen molar-refractivity contribution in [3.8, 4) is 28.6 Å². The summed E-state index contributed by atoms with van der Waals surface area (Å²) in [6, 6.07) is 3.35. The Morgan fingerprint density at radius 2 is 1.79 bits per heavy atom. The number of hydrogen-bond donors (Lipinski definition) is 1. The lowest BCUT2D eigenvalue weighted by atomic mass is 10.1. The maximum absolute atomic E-state index is 5.56. The first-order valence-electron chi connectivity index (χ1n) is 5.33. The fraction of sp³-hybridized carbons (Fsp3) is 0.250. The first-order chi connectivity index (χ1) is 9.12. The number of nitrogens with zero attached hydrogens (tertiary/aromatic N) is 1. The van der Waals surface area contributed by atoms with Gasteiger partial charge in [0.2, 0.25) is 0 Å². The molecule has 0 aliphatic carbocycles. The number of anilines is 1. The van der Waals surface area contributed by atoms with E-state index in [2.05, 4.69) is 21.1 Å². The predicted octanol–water partition coefficient (Wildman–Crippen LogP) is 2.71. The van der Waals surface area contributed by atoms with Crippen LogP contribution in [0.2, 0.25) is 0 Å². The van der Waals surface area contributed by atoms with Gasteiger partial charge in [0.05, 0.1) is 26.9 Å². The van der Waals surface area contributed by atoms with Crippen molar-refractivity contribution >= 4 is 21.7 Å². The summed E-state index contributed by atoms with van der Waals surface area (Å²) in [4.78, 5) is 0. The summed E-state index contributed by atoms with van der Waals surface area (Å²) in [5, 5.41) is 3.66. The first kappa shape index (κ1) is 13.5. The van der Waals surface area contributed by atoms with Crippen LogP contribution in [0.4, 0.5) is 5.82 Å². The molecule has 2 N–H and O–H groups in total. The van der Waals surface area contributed by atoms with Crippen LogP contribution in [0.1, 0.15) is 0 Å². The van der Waals surface area contributed by atoms with Crippen molar-refractivity contribution in [3.05, 3.63) is 16.6 Å².